The van der Waals surface area contributed by atoms with Crippen molar-refractivity contribution >= 4 is 16.7 Å². The number of fused-ring (bicyclic) bond motifs is 1. The van der Waals surface area contributed by atoms with E-state index < -0.39 is 0 Å². The fourth-order valence-electron chi connectivity index (χ4n) is 4.57. The number of ether oxygens (including phenoxy) is 1. The number of aliphatic hydroxyl groups excluding tert-OH is 1. The fourth-order valence-corrected chi connectivity index (χ4v) is 4.57. The number of hydrogen-bond donors (Lipinski definition) is 3. The van der Waals surface area contributed by atoms with Gasteiger partial charge in [0.15, 0.2) is 0 Å². The zero-order valence-electron chi connectivity index (χ0n) is 17.7. The highest BCUT2D eigenvalue weighted by Crippen LogP contribution is 2.48. The molecule has 1 saturated heterocycles. The van der Waals surface area contributed by atoms with Gasteiger partial charge in [-0.1, -0.05) is 48.5 Å². The van der Waals surface area contributed by atoms with Gasteiger partial charge in [0.05, 0.1) is 11.6 Å². The Bertz CT molecular complexity index is 1120. The van der Waals surface area contributed by atoms with Gasteiger partial charge in [0.1, 0.15) is 12.4 Å². The first-order valence-corrected chi connectivity index (χ1v) is 11.0. The lowest BCUT2D eigenvalue weighted by molar-refractivity contribution is 0.0930. The molecule has 2 unspecified atom stereocenters. The molecule has 3 aromatic carbocycles. The number of amides is 1. The summed E-state index contributed by atoms with van der Waals surface area (Å²) in [6.45, 7) is 3.03. The second-order valence-corrected chi connectivity index (χ2v) is 8.85. The molecule has 31 heavy (non-hydrogen) atoms. The van der Waals surface area contributed by atoms with Crippen LogP contribution in [0.2, 0.25) is 0 Å². The number of aryl methyl sites for hydroxylation is 1. The number of aliphatic hydroxyl groups is 1. The van der Waals surface area contributed by atoms with E-state index >= 15 is 0 Å². The fraction of sp³-hybridized carbons (Fsp3) is 0.346. The third kappa shape index (κ3) is 4.03. The summed E-state index contributed by atoms with van der Waals surface area (Å²) in [4.78, 5) is 13.3. The molecule has 1 saturated carbocycles. The number of carbonyl (C=O) groups excluding carboxylic acids is 1. The van der Waals surface area contributed by atoms with Crippen LogP contribution in [0.15, 0.2) is 60.7 Å². The molecule has 1 amide bonds. The van der Waals surface area contributed by atoms with E-state index in [0.29, 0.717) is 30.9 Å². The first-order chi connectivity index (χ1) is 15.0. The lowest BCUT2D eigenvalue weighted by atomic mass is 9.96. The van der Waals surface area contributed by atoms with Crippen molar-refractivity contribution in [3.05, 3.63) is 77.4 Å². The zero-order valence-corrected chi connectivity index (χ0v) is 17.7. The second-order valence-electron chi connectivity index (χ2n) is 8.85. The Labute approximate surface area is 182 Å². The van der Waals surface area contributed by atoms with Crippen molar-refractivity contribution < 1.29 is 14.6 Å². The average molecular weight is 417 g/mol. The third-order valence-corrected chi connectivity index (χ3v) is 6.51. The van der Waals surface area contributed by atoms with Gasteiger partial charge in [-0.15, -0.1) is 0 Å². The van der Waals surface area contributed by atoms with Crippen LogP contribution in [0.4, 0.5) is 0 Å². The van der Waals surface area contributed by atoms with Crippen molar-refractivity contribution in [2.45, 2.75) is 43.9 Å². The molecule has 2 atom stereocenters. The van der Waals surface area contributed by atoms with Crippen LogP contribution in [0.3, 0.4) is 0 Å². The Kier molecular flexibility index (Phi) is 5.16. The minimum atomic E-state index is -0.309. The molecular formula is C26H28N2O3. The van der Waals surface area contributed by atoms with Gasteiger partial charge >= 0.3 is 0 Å². The SMILES string of the molecule is Cc1ccc(OCC2CC(O)CN2)cc1C(=O)NC1(c2cccc3ccccc23)CC1. The molecule has 2 aliphatic rings. The standard InChI is InChI=1S/C26H28N2O3/c1-17-9-10-21(31-16-19-13-20(29)15-27-19)14-23(17)25(30)28-26(11-12-26)24-8-4-6-18-5-2-3-7-22(18)24/h2-10,14,19-20,27,29H,11-13,15-16H2,1H3,(H,28,30). The summed E-state index contributed by atoms with van der Waals surface area (Å²) in [5, 5.41) is 18.6. The molecule has 0 radical (unpaired) electrons. The first kappa shape index (κ1) is 20.0. The summed E-state index contributed by atoms with van der Waals surface area (Å²) >= 11 is 0. The Morgan fingerprint density at radius 3 is 2.74 bits per heavy atom. The molecule has 5 heteroatoms. The minimum Gasteiger partial charge on any atom is -0.492 e. The predicted octanol–water partition coefficient (Wildman–Crippen LogP) is 3.67. The summed E-state index contributed by atoms with van der Waals surface area (Å²) < 4.78 is 5.92. The van der Waals surface area contributed by atoms with E-state index in [1.54, 1.807) is 0 Å². The normalized spacial score (nSPS) is 21.7. The Hall–Kier alpha value is -2.89. The maximum Gasteiger partial charge on any atom is 0.252 e. The Balaban J connectivity index is 1.34. The van der Waals surface area contributed by atoms with Gasteiger partial charge < -0.3 is 20.5 Å². The molecule has 1 aliphatic carbocycles. The smallest absolute Gasteiger partial charge is 0.252 e. The van der Waals surface area contributed by atoms with Gasteiger partial charge in [0.25, 0.3) is 5.91 Å². The topological polar surface area (TPSA) is 70.6 Å². The third-order valence-electron chi connectivity index (χ3n) is 6.51. The summed E-state index contributed by atoms with van der Waals surface area (Å²) in [6, 6.07) is 20.4. The minimum absolute atomic E-state index is 0.0669. The van der Waals surface area contributed by atoms with Crippen molar-refractivity contribution in [1.29, 1.82) is 0 Å². The second kappa shape index (κ2) is 7.98. The van der Waals surface area contributed by atoms with Crippen LogP contribution in [0.5, 0.6) is 5.75 Å². The summed E-state index contributed by atoms with van der Waals surface area (Å²) in [6.07, 6.45) is 2.26. The number of carbonyl (C=O) groups is 1. The van der Waals surface area contributed by atoms with E-state index in [-0.39, 0.29) is 23.6 Å². The molecule has 3 N–H and O–H groups in total. The molecule has 160 valence electrons. The van der Waals surface area contributed by atoms with Crippen LogP contribution in [-0.4, -0.2) is 36.3 Å². The highest BCUT2D eigenvalue weighted by Gasteiger charge is 2.46. The Morgan fingerprint density at radius 1 is 1.16 bits per heavy atom. The van der Waals surface area contributed by atoms with E-state index in [9.17, 15) is 9.90 Å². The average Bonchev–Trinajstić information content (AvgIpc) is 3.44. The number of benzene rings is 3. The molecule has 5 nitrogen and oxygen atoms in total. The van der Waals surface area contributed by atoms with Gasteiger partial charge in [-0.3, -0.25) is 4.79 Å². The van der Waals surface area contributed by atoms with Crippen LogP contribution < -0.4 is 15.4 Å². The van der Waals surface area contributed by atoms with E-state index in [0.717, 1.165) is 18.4 Å². The van der Waals surface area contributed by atoms with Crippen LogP contribution in [0.1, 0.15) is 40.7 Å². The summed E-state index contributed by atoms with van der Waals surface area (Å²) in [7, 11) is 0. The quantitative estimate of drug-likeness (QED) is 0.573. The predicted molar refractivity (Wildman–Crippen MR) is 121 cm³/mol. The number of β-amino-alcohol motifs (C(OH)–C–C–N with tert-alkyl or cyclic N) is 1. The molecule has 0 aromatic heterocycles. The molecule has 1 aliphatic heterocycles. The van der Waals surface area contributed by atoms with Crippen molar-refractivity contribution in [2.75, 3.05) is 13.2 Å². The lowest BCUT2D eigenvalue weighted by Crippen LogP contribution is -2.35. The summed E-state index contributed by atoms with van der Waals surface area (Å²) in [5.74, 6) is 0.608. The maximum atomic E-state index is 13.3. The number of rotatable bonds is 6. The van der Waals surface area contributed by atoms with Gasteiger partial charge in [0, 0.05) is 18.2 Å². The van der Waals surface area contributed by atoms with Gasteiger partial charge in [-0.2, -0.15) is 0 Å². The van der Waals surface area contributed by atoms with Gasteiger partial charge in [-0.25, -0.2) is 0 Å². The number of hydrogen-bond acceptors (Lipinski definition) is 4. The monoisotopic (exact) mass is 416 g/mol. The molecule has 3 aromatic rings. The Morgan fingerprint density at radius 2 is 1.97 bits per heavy atom. The van der Waals surface area contributed by atoms with Crippen molar-refractivity contribution in [2.24, 2.45) is 0 Å². The van der Waals surface area contributed by atoms with Gasteiger partial charge in [-0.05, 0) is 60.2 Å². The first-order valence-electron chi connectivity index (χ1n) is 11.0. The van der Waals surface area contributed by atoms with Crippen LogP contribution in [0.25, 0.3) is 10.8 Å². The molecule has 5 rings (SSSR count). The highest BCUT2D eigenvalue weighted by molar-refractivity contribution is 5.97. The van der Waals surface area contributed by atoms with E-state index in [2.05, 4.69) is 41.0 Å². The molecule has 0 bridgehead atoms. The van der Waals surface area contributed by atoms with E-state index in [1.165, 1.54) is 16.3 Å². The van der Waals surface area contributed by atoms with Crippen molar-refractivity contribution in [1.82, 2.24) is 10.6 Å². The van der Waals surface area contributed by atoms with Gasteiger partial charge in [0.2, 0.25) is 0 Å². The van der Waals surface area contributed by atoms with Crippen molar-refractivity contribution in [3.63, 3.8) is 0 Å². The molecule has 0 spiro atoms. The molecule has 1 heterocycles. The number of nitrogens with one attached hydrogen (secondary N) is 2. The molecule has 2 fully saturated rings. The largest absolute Gasteiger partial charge is 0.492 e. The van der Waals surface area contributed by atoms with Crippen LogP contribution in [0, 0.1) is 6.92 Å². The van der Waals surface area contributed by atoms with Crippen LogP contribution in [-0.2, 0) is 5.54 Å². The van der Waals surface area contributed by atoms with E-state index in [1.807, 2.05) is 37.3 Å². The molecular weight excluding hydrogens is 388 g/mol. The van der Waals surface area contributed by atoms with Crippen LogP contribution >= 0.6 is 0 Å². The summed E-state index contributed by atoms with van der Waals surface area (Å²) in [5.41, 5.74) is 2.46. The van der Waals surface area contributed by atoms with Crippen molar-refractivity contribution in [3.8, 4) is 5.75 Å². The van der Waals surface area contributed by atoms with E-state index in [4.69, 9.17) is 4.74 Å². The lowest BCUT2D eigenvalue weighted by Gasteiger charge is -2.21. The highest BCUT2D eigenvalue weighted by atomic mass is 16.5. The zero-order chi connectivity index (χ0) is 21.4. The maximum absolute atomic E-state index is 13.3.